The lowest BCUT2D eigenvalue weighted by Gasteiger charge is -2.19. The zero-order valence-electron chi connectivity index (χ0n) is 14.3. The van der Waals surface area contributed by atoms with Gasteiger partial charge in [0.15, 0.2) is 0 Å². The van der Waals surface area contributed by atoms with E-state index in [4.69, 9.17) is 4.74 Å². The number of methoxy groups -OCH3 is 1. The standard InChI is InChI=1S/C18H21N5O2/c1-23-17(24)15(9-11-6-7-12-14(8-11)20-10-19-12)22-18(23)21-13-4-3-5-16(13)25-2/h6-10,13,16,24H,3-5H2,1-2H3,(H,21,22)/t13-,16-/m1/s1. The Balaban J connectivity index is 1.64. The molecular formula is C18H21N5O2. The van der Waals surface area contributed by atoms with Crippen LogP contribution >= 0.6 is 0 Å². The van der Waals surface area contributed by atoms with Crippen LogP contribution in [0.2, 0.25) is 0 Å². The van der Waals surface area contributed by atoms with Gasteiger partial charge in [-0.15, -0.1) is 0 Å². The Morgan fingerprint density at radius 2 is 2.24 bits per heavy atom. The maximum Gasteiger partial charge on any atom is 0.220 e. The van der Waals surface area contributed by atoms with Crippen LogP contribution in [0, 0.1) is 0 Å². The number of hydrogen-bond donors (Lipinski definition) is 2. The molecule has 4 rings (SSSR count). The number of benzene rings is 1. The van der Waals surface area contributed by atoms with Gasteiger partial charge in [-0.2, -0.15) is 0 Å². The minimum Gasteiger partial charge on any atom is -0.493 e. The fraction of sp³-hybridized carbons (Fsp3) is 0.389. The Morgan fingerprint density at radius 3 is 3.08 bits per heavy atom. The third kappa shape index (κ3) is 2.91. The molecule has 0 radical (unpaired) electrons. The number of rotatable bonds is 4. The van der Waals surface area contributed by atoms with Crippen LogP contribution in [0.3, 0.4) is 0 Å². The van der Waals surface area contributed by atoms with Gasteiger partial charge in [0.05, 0.1) is 23.2 Å². The van der Waals surface area contributed by atoms with Crippen molar-refractivity contribution in [1.82, 2.24) is 9.55 Å². The van der Waals surface area contributed by atoms with Gasteiger partial charge in [-0.05, 0) is 42.7 Å². The average molecular weight is 339 g/mol. The lowest BCUT2D eigenvalue weighted by atomic mass is 10.2. The van der Waals surface area contributed by atoms with Gasteiger partial charge in [-0.25, -0.2) is 15.0 Å². The molecule has 2 heterocycles. The molecule has 25 heavy (non-hydrogen) atoms. The van der Waals surface area contributed by atoms with Crippen molar-refractivity contribution in [3.8, 4) is 5.88 Å². The van der Waals surface area contributed by atoms with E-state index in [1.54, 1.807) is 25.1 Å². The molecule has 2 N–H and O–H groups in total. The minimum absolute atomic E-state index is 0.128. The minimum atomic E-state index is 0.128. The first-order valence-electron chi connectivity index (χ1n) is 8.43. The van der Waals surface area contributed by atoms with Crippen molar-refractivity contribution in [3.05, 3.63) is 34.5 Å². The van der Waals surface area contributed by atoms with E-state index in [-0.39, 0.29) is 18.0 Å². The molecule has 1 aromatic heterocycles. The van der Waals surface area contributed by atoms with E-state index in [2.05, 4.69) is 20.3 Å². The summed E-state index contributed by atoms with van der Waals surface area (Å²) in [5.41, 5.74) is 1.35. The van der Waals surface area contributed by atoms with E-state index in [0.717, 1.165) is 35.5 Å². The van der Waals surface area contributed by atoms with Crippen molar-refractivity contribution in [2.45, 2.75) is 31.4 Å². The molecule has 130 valence electrons. The van der Waals surface area contributed by atoms with Crippen LogP contribution in [0.5, 0.6) is 5.88 Å². The second-order valence-electron chi connectivity index (χ2n) is 6.43. The molecule has 1 fully saturated rings. The number of nitrogens with one attached hydrogen (secondary N) is 1. The predicted octanol–water partition coefficient (Wildman–Crippen LogP) is 1.23. The lowest BCUT2D eigenvalue weighted by Crippen LogP contribution is -2.30. The fourth-order valence-corrected chi connectivity index (χ4v) is 3.43. The van der Waals surface area contributed by atoms with E-state index < -0.39 is 0 Å². The van der Waals surface area contributed by atoms with Crippen molar-refractivity contribution < 1.29 is 9.84 Å². The molecule has 0 bridgehead atoms. The van der Waals surface area contributed by atoms with Gasteiger partial charge in [-0.3, -0.25) is 4.57 Å². The third-order valence-corrected chi connectivity index (χ3v) is 4.86. The van der Waals surface area contributed by atoms with Gasteiger partial charge in [0.2, 0.25) is 11.8 Å². The maximum atomic E-state index is 10.4. The van der Waals surface area contributed by atoms with Gasteiger partial charge in [0, 0.05) is 14.2 Å². The molecule has 0 saturated heterocycles. The monoisotopic (exact) mass is 339 g/mol. The van der Waals surface area contributed by atoms with Crippen LogP contribution in [0.15, 0.2) is 28.2 Å². The Labute approximate surface area is 145 Å². The smallest absolute Gasteiger partial charge is 0.220 e. The van der Waals surface area contributed by atoms with Crippen LogP contribution in [-0.2, 0) is 11.8 Å². The summed E-state index contributed by atoms with van der Waals surface area (Å²) in [4.78, 5) is 12.9. The van der Waals surface area contributed by atoms with Gasteiger partial charge in [-0.1, -0.05) is 6.07 Å². The summed E-state index contributed by atoms with van der Waals surface area (Å²) in [7, 11) is 3.53. The molecule has 0 unspecified atom stereocenters. The molecule has 0 amide bonds. The van der Waals surface area contributed by atoms with Gasteiger partial charge in [0.1, 0.15) is 12.0 Å². The average Bonchev–Trinajstić information content (AvgIpc) is 3.32. The Hall–Kier alpha value is -2.67. The first-order chi connectivity index (χ1) is 12.2. The van der Waals surface area contributed by atoms with Crippen LogP contribution in [0.25, 0.3) is 6.08 Å². The van der Waals surface area contributed by atoms with Crippen molar-refractivity contribution in [3.63, 3.8) is 0 Å². The highest BCUT2D eigenvalue weighted by Gasteiger charge is 2.28. The molecular weight excluding hydrogens is 318 g/mol. The van der Waals surface area contributed by atoms with Crippen molar-refractivity contribution in [2.75, 3.05) is 12.4 Å². The molecule has 1 aromatic carbocycles. The summed E-state index contributed by atoms with van der Waals surface area (Å²) >= 11 is 0. The normalized spacial score (nSPS) is 22.2. The number of aromatic nitrogens is 2. The Bertz CT molecular complexity index is 947. The molecule has 7 nitrogen and oxygen atoms in total. The molecule has 2 aliphatic rings. The lowest BCUT2D eigenvalue weighted by molar-refractivity contribution is 0.101. The number of imidazole rings is 1. The number of aliphatic imine (C=N–C) groups is 1. The number of nitrogens with zero attached hydrogens (tertiary/aromatic N) is 4. The highest BCUT2D eigenvalue weighted by molar-refractivity contribution is 5.67. The summed E-state index contributed by atoms with van der Waals surface area (Å²) in [5.74, 6) is 0.773. The predicted molar refractivity (Wildman–Crippen MR) is 95.9 cm³/mol. The van der Waals surface area contributed by atoms with Crippen LogP contribution in [0.1, 0.15) is 25.0 Å². The second kappa shape index (κ2) is 6.33. The van der Waals surface area contributed by atoms with Crippen LogP contribution < -0.4 is 15.9 Å². The molecule has 2 atom stereocenters. The molecule has 1 aliphatic heterocycles. The number of ether oxygens (including phenoxy) is 1. The summed E-state index contributed by atoms with van der Waals surface area (Å²) in [5, 5.41) is 15.6. The molecule has 2 aromatic rings. The van der Waals surface area contributed by atoms with Crippen molar-refractivity contribution in [2.24, 2.45) is 17.0 Å². The molecule has 1 aliphatic carbocycles. The van der Waals surface area contributed by atoms with Gasteiger partial charge in [0.25, 0.3) is 0 Å². The summed E-state index contributed by atoms with van der Waals surface area (Å²) in [6, 6.07) is 6.00. The van der Waals surface area contributed by atoms with E-state index in [9.17, 15) is 5.11 Å². The summed E-state index contributed by atoms with van der Waals surface area (Å²) < 4.78 is 7.18. The van der Waals surface area contributed by atoms with Crippen LogP contribution in [0.4, 0.5) is 11.6 Å². The SMILES string of the molecule is CO[C@@H]1CCC[C@H]1Nc1nc(C=c2ccc3c(c2)N=CN=3)c(O)n1C. The van der Waals surface area contributed by atoms with E-state index in [0.29, 0.717) is 11.6 Å². The fourth-order valence-electron chi connectivity index (χ4n) is 3.43. The summed E-state index contributed by atoms with van der Waals surface area (Å²) in [6.07, 6.45) is 6.79. The van der Waals surface area contributed by atoms with Gasteiger partial charge >= 0.3 is 0 Å². The first-order valence-corrected chi connectivity index (χ1v) is 8.43. The van der Waals surface area contributed by atoms with E-state index in [1.807, 2.05) is 24.3 Å². The van der Waals surface area contributed by atoms with E-state index >= 15 is 0 Å². The summed E-state index contributed by atoms with van der Waals surface area (Å²) in [6.45, 7) is 0. The van der Waals surface area contributed by atoms with E-state index in [1.165, 1.54) is 0 Å². The van der Waals surface area contributed by atoms with Crippen LogP contribution in [-0.4, -0.2) is 40.3 Å². The van der Waals surface area contributed by atoms with Crippen molar-refractivity contribution >= 4 is 24.1 Å². The van der Waals surface area contributed by atoms with Crippen molar-refractivity contribution in [1.29, 1.82) is 0 Å². The number of aromatic hydroxyl groups is 1. The largest absolute Gasteiger partial charge is 0.493 e. The Morgan fingerprint density at radius 1 is 1.36 bits per heavy atom. The molecule has 0 spiro atoms. The topological polar surface area (TPSA) is 84.0 Å². The first kappa shape index (κ1) is 15.8. The highest BCUT2D eigenvalue weighted by atomic mass is 16.5. The number of anilines is 1. The molecule has 1 saturated carbocycles. The third-order valence-electron chi connectivity index (χ3n) is 4.86. The number of fused-ring (bicyclic) bond motifs is 1. The quantitative estimate of drug-likeness (QED) is 0.877. The Kier molecular flexibility index (Phi) is 4.01. The number of hydrogen-bond acceptors (Lipinski definition) is 6. The second-order valence-corrected chi connectivity index (χ2v) is 6.43. The molecule has 7 heteroatoms. The maximum absolute atomic E-state index is 10.4. The zero-order chi connectivity index (χ0) is 17.4. The van der Waals surface area contributed by atoms with Gasteiger partial charge < -0.3 is 15.2 Å². The zero-order valence-corrected chi connectivity index (χ0v) is 14.3. The highest BCUT2D eigenvalue weighted by Crippen LogP contribution is 2.27.